The topological polar surface area (TPSA) is 85.2 Å². The van der Waals surface area contributed by atoms with Crippen molar-refractivity contribution < 1.29 is 23.1 Å². The first-order valence-electron chi connectivity index (χ1n) is 9.42. The highest BCUT2D eigenvalue weighted by Crippen LogP contribution is 2.27. The summed E-state index contributed by atoms with van der Waals surface area (Å²) in [5.41, 5.74) is 0.808. The molecule has 0 radical (unpaired) electrons. The van der Waals surface area contributed by atoms with Crippen molar-refractivity contribution in [2.45, 2.75) is 19.4 Å². The number of amides is 2. The van der Waals surface area contributed by atoms with E-state index in [1.807, 2.05) is 6.07 Å². The third-order valence-electron chi connectivity index (χ3n) is 4.42. The summed E-state index contributed by atoms with van der Waals surface area (Å²) in [6.07, 6.45) is 0. The average Bonchev–Trinajstić information content (AvgIpc) is 3.15. The van der Waals surface area contributed by atoms with Crippen LogP contribution in [0.5, 0.6) is 5.75 Å². The summed E-state index contributed by atoms with van der Waals surface area (Å²) in [7, 11) is 0. The standard InChI is InChI=1S/C21H22F2N4O3/c1-14(20-26-16-9-5-6-10-17(16)27(20)21(22)23)11-24-18(28)12-25-19(29)13-30-15-7-3-2-4-8-15/h2-10,14,21H,11-13H2,1H3,(H,24,28)(H,25,29). The third kappa shape index (κ3) is 5.31. The Morgan fingerprint density at radius 1 is 1.03 bits per heavy atom. The minimum absolute atomic E-state index is 0.102. The highest BCUT2D eigenvalue weighted by molar-refractivity contribution is 5.85. The van der Waals surface area contributed by atoms with E-state index in [9.17, 15) is 18.4 Å². The Kier molecular flexibility index (Phi) is 6.95. The van der Waals surface area contributed by atoms with Crippen LogP contribution < -0.4 is 15.4 Å². The van der Waals surface area contributed by atoms with Gasteiger partial charge in [0.15, 0.2) is 6.61 Å². The van der Waals surface area contributed by atoms with Gasteiger partial charge < -0.3 is 15.4 Å². The molecular formula is C21H22F2N4O3. The largest absolute Gasteiger partial charge is 0.484 e. The molecule has 2 aromatic carbocycles. The normalized spacial score (nSPS) is 12.0. The summed E-state index contributed by atoms with van der Waals surface area (Å²) in [6, 6.07) is 15.5. The summed E-state index contributed by atoms with van der Waals surface area (Å²) < 4.78 is 33.2. The van der Waals surface area contributed by atoms with Gasteiger partial charge in [0.25, 0.3) is 5.91 Å². The summed E-state index contributed by atoms with van der Waals surface area (Å²) in [4.78, 5) is 28.1. The Balaban J connectivity index is 1.48. The van der Waals surface area contributed by atoms with Crippen molar-refractivity contribution >= 4 is 22.8 Å². The zero-order valence-electron chi connectivity index (χ0n) is 16.3. The maximum absolute atomic E-state index is 13.5. The SMILES string of the molecule is CC(CNC(=O)CNC(=O)COc1ccccc1)c1nc2ccccc2n1C(F)F. The van der Waals surface area contributed by atoms with Crippen LogP contribution in [0.1, 0.15) is 25.2 Å². The maximum Gasteiger partial charge on any atom is 0.320 e. The number of halogens is 2. The molecule has 1 atom stereocenters. The zero-order chi connectivity index (χ0) is 21.5. The van der Waals surface area contributed by atoms with Gasteiger partial charge in [0, 0.05) is 12.5 Å². The molecule has 2 amide bonds. The predicted molar refractivity (Wildman–Crippen MR) is 107 cm³/mol. The van der Waals surface area contributed by atoms with Crippen LogP contribution in [-0.4, -0.2) is 41.1 Å². The molecule has 3 rings (SSSR count). The van der Waals surface area contributed by atoms with Gasteiger partial charge in [0.05, 0.1) is 17.6 Å². The second-order valence-electron chi connectivity index (χ2n) is 6.69. The third-order valence-corrected chi connectivity index (χ3v) is 4.42. The molecule has 0 aliphatic carbocycles. The van der Waals surface area contributed by atoms with Gasteiger partial charge in [0.2, 0.25) is 5.91 Å². The van der Waals surface area contributed by atoms with E-state index in [0.29, 0.717) is 16.8 Å². The first-order chi connectivity index (χ1) is 14.5. The van der Waals surface area contributed by atoms with Crippen molar-refractivity contribution in [2.24, 2.45) is 0 Å². The number of carbonyl (C=O) groups is 2. The molecule has 1 unspecified atom stereocenters. The molecule has 1 aromatic heterocycles. The van der Waals surface area contributed by atoms with Gasteiger partial charge in [-0.05, 0) is 24.3 Å². The number of para-hydroxylation sites is 3. The Labute approximate surface area is 172 Å². The number of imidazole rings is 1. The fourth-order valence-corrected chi connectivity index (χ4v) is 2.93. The van der Waals surface area contributed by atoms with Gasteiger partial charge in [-0.1, -0.05) is 37.3 Å². The molecule has 7 nitrogen and oxygen atoms in total. The Bertz CT molecular complexity index is 1010. The number of fused-ring (bicyclic) bond motifs is 1. The van der Waals surface area contributed by atoms with E-state index in [1.54, 1.807) is 55.5 Å². The van der Waals surface area contributed by atoms with Crippen LogP contribution >= 0.6 is 0 Å². The number of nitrogens with zero attached hydrogens (tertiary/aromatic N) is 2. The molecular weight excluding hydrogens is 394 g/mol. The van der Waals surface area contributed by atoms with Gasteiger partial charge in [0.1, 0.15) is 11.6 Å². The first-order valence-corrected chi connectivity index (χ1v) is 9.42. The number of rotatable bonds is 9. The lowest BCUT2D eigenvalue weighted by Crippen LogP contribution is -2.40. The Hall–Kier alpha value is -3.49. The van der Waals surface area contributed by atoms with Crippen LogP contribution in [0.4, 0.5) is 8.78 Å². The summed E-state index contributed by atoms with van der Waals surface area (Å²) in [5, 5.41) is 5.08. The number of alkyl halides is 2. The highest BCUT2D eigenvalue weighted by Gasteiger charge is 2.22. The van der Waals surface area contributed by atoms with Crippen LogP contribution in [-0.2, 0) is 9.59 Å². The molecule has 0 aliphatic heterocycles. The van der Waals surface area contributed by atoms with Gasteiger partial charge in [-0.15, -0.1) is 0 Å². The smallest absolute Gasteiger partial charge is 0.320 e. The van der Waals surface area contributed by atoms with Crippen LogP contribution in [0.15, 0.2) is 54.6 Å². The van der Waals surface area contributed by atoms with Gasteiger partial charge in [-0.25, -0.2) is 4.98 Å². The maximum atomic E-state index is 13.5. The second kappa shape index (κ2) is 9.82. The molecule has 158 valence electrons. The number of hydrogen-bond acceptors (Lipinski definition) is 4. The van der Waals surface area contributed by atoms with Crippen molar-refractivity contribution in [3.8, 4) is 5.75 Å². The highest BCUT2D eigenvalue weighted by atomic mass is 19.3. The van der Waals surface area contributed by atoms with Crippen LogP contribution in [0.3, 0.4) is 0 Å². The number of hydrogen-bond donors (Lipinski definition) is 2. The quantitative estimate of drug-likeness (QED) is 0.562. The van der Waals surface area contributed by atoms with Crippen molar-refractivity contribution in [2.75, 3.05) is 19.7 Å². The van der Waals surface area contributed by atoms with Gasteiger partial charge in [-0.3, -0.25) is 14.2 Å². The lowest BCUT2D eigenvalue weighted by Gasteiger charge is -2.15. The molecule has 1 heterocycles. The van der Waals surface area contributed by atoms with Gasteiger partial charge in [-0.2, -0.15) is 8.78 Å². The Morgan fingerprint density at radius 3 is 2.47 bits per heavy atom. The minimum Gasteiger partial charge on any atom is -0.484 e. The fraction of sp³-hybridized carbons (Fsp3) is 0.286. The molecule has 0 fully saturated rings. The number of nitrogens with one attached hydrogen (secondary N) is 2. The van der Waals surface area contributed by atoms with E-state index >= 15 is 0 Å². The number of ether oxygens (including phenoxy) is 1. The molecule has 30 heavy (non-hydrogen) atoms. The molecule has 9 heteroatoms. The van der Waals surface area contributed by atoms with E-state index in [2.05, 4.69) is 15.6 Å². The molecule has 0 saturated carbocycles. The van der Waals surface area contributed by atoms with Gasteiger partial charge >= 0.3 is 6.55 Å². The van der Waals surface area contributed by atoms with E-state index in [0.717, 1.165) is 4.57 Å². The molecule has 0 saturated heterocycles. The second-order valence-corrected chi connectivity index (χ2v) is 6.69. The monoisotopic (exact) mass is 416 g/mol. The van der Waals surface area contributed by atoms with E-state index in [1.165, 1.54) is 0 Å². The predicted octanol–water partition coefficient (Wildman–Crippen LogP) is 2.85. The number of carbonyl (C=O) groups excluding carboxylic acids is 2. The lowest BCUT2D eigenvalue weighted by molar-refractivity contribution is -0.127. The van der Waals surface area contributed by atoms with Crippen molar-refractivity contribution in [3.63, 3.8) is 0 Å². The van der Waals surface area contributed by atoms with Crippen molar-refractivity contribution in [1.82, 2.24) is 20.2 Å². The average molecular weight is 416 g/mol. The first kappa shape index (κ1) is 21.2. The fourth-order valence-electron chi connectivity index (χ4n) is 2.93. The Morgan fingerprint density at radius 2 is 1.73 bits per heavy atom. The molecule has 0 bridgehead atoms. The number of aromatic nitrogens is 2. The lowest BCUT2D eigenvalue weighted by atomic mass is 10.1. The van der Waals surface area contributed by atoms with Crippen LogP contribution in [0.25, 0.3) is 11.0 Å². The van der Waals surface area contributed by atoms with Crippen molar-refractivity contribution in [3.05, 3.63) is 60.4 Å². The molecule has 2 N–H and O–H groups in total. The summed E-state index contributed by atoms with van der Waals surface area (Å²) in [5.74, 6) is -0.594. The molecule has 0 spiro atoms. The van der Waals surface area contributed by atoms with Crippen LogP contribution in [0, 0.1) is 0 Å². The van der Waals surface area contributed by atoms with E-state index < -0.39 is 24.3 Å². The zero-order valence-corrected chi connectivity index (χ0v) is 16.3. The minimum atomic E-state index is -2.74. The molecule has 3 aromatic rings. The van der Waals surface area contributed by atoms with Crippen molar-refractivity contribution in [1.29, 1.82) is 0 Å². The molecule has 0 aliphatic rings. The van der Waals surface area contributed by atoms with E-state index in [4.69, 9.17) is 4.74 Å². The van der Waals surface area contributed by atoms with Crippen LogP contribution in [0.2, 0.25) is 0 Å². The summed E-state index contributed by atoms with van der Waals surface area (Å²) in [6.45, 7) is -1.40. The number of benzene rings is 2. The van der Waals surface area contributed by atoms with E-state index in [-0.39, 0.29) is 25.5 Å². The summed E-state index contributed by atoms with van der Waals surface area (Å²) >= 11 is 0.